The summed E-state index contributed by atoms with van der Waals surface area (Å²) in [6, 6.07) is 16.8. The van der Waals surface area contributed by atoms with Gasteiger partial charge >= 0.3 is 11.9 Å². The Hall–Kier alpha value is -2.00. The van der Waals surface area contributed by atoms with Gasteiger partial charge in [-0.2, -0.15) is 0 Å². The number of rotatable bonds is 5. The molecule has 7 heteroatoms. The monoisotopic (exact) mass is 484 g/mol. The van der Waals surface area contributed by atoms with Crippen LogP contribution in [-0.4, -0.2) is 40.5 Å². The molecule has 0 bridgehead atoms. The maximum absolute atomic E-state index is 15.1. The van der Waals surface area contributed by atoms with Crippen molar-refractivity contribution in [3.05, 3.63) is 71.8 Å². The first-order valence-corrected chi connectivity index (χ1v) is 9.61. The molecule has 1 aliphatic rings. The van der Waals surface area contributed by atoms with E-state index in [0.29, 0.717) is 11.1 Å². The molecule has 0 saturated carbocycles. The molecule has 0 spiro atoms. The summed E-state index contributed by atoms with van der Waals surface area (Å²) in [4.78, 5) is 24.5. The van der Waals surface area contributed by atoms with E-state index in [-0.39, 0.29) is 6.61 Å². The summed E-state index contributed by atoms with van der Waals surface area (Å²) in [7, 11) is 0. The van der Waals surface area contributed by atoms with Crippen LogP contribution in [0.1, 0.15) is 27.6 Å². The fourth-order valence-electron chi connectivity index (χ4n) is 2.74. The first-order valence-electron chi connectivity index (χ1n) is 8.36. The zero-order valence-electron chi connectivity index (χ0n) is 14.5. The van der Waals surface area contributed by atoms with Crippen LogP contribution >= 0.6 is 22.6 Å². The molecule has 3 rings (SSSR count). The lowest BCUT2D eigenvalue weighted by Gasteiger charge is -2.25. The molecule has 27 heavy (non-hydrogen) atoms. The van der Waals surface area contributed by atoms with Crippen LogP contribution in [0.3, 0.4) is 0 Å². The molecular formula is C20H18FIO5. The molecule has 0 aliphatic carbocycles. The van der Waals surface area contributed by atoms with E-state index in [4.69, 9.17) is 14.2 Å². The fraction of sp³-hybridized carbons (Fsp3) is 0.300. The number of hydrogen-bond acceptors (Lipinski definition) is 5. The van der Waals surface area contributed by atoms with Crippen molar-refractivity contribution in [2.45, 2.75) is 28.9 Å². The van der Waals surface area contributed by atoms with Crippen molar-refractivity contribution in [3.8, 4) is 0 Å². The number of hydrogen-bond donors (Lipinski definition) is 0. The van der Waals surface area contributed by atoms with Crippen LogP contribution < -0.4 is 0 Å². The quantitative estimate of drug-likeness (QED) is 0.366. The average molecular weight is 484 g/mol. The lowest BCUT2D eigenvalue weighted by atomic mass is 10.0. The van der Waals surface area contributed by atoms with E-state index in [1.807, 2.05) is 0 Å². The summed E-state index contributed by atoms with van der Waals surface area (Å²) >= 11 is 1.81. The van der Waals surface area contributed by atoms with Crippen LogP contribution in [0, 0.1) is 0 Å². The predicted molar refractivity (Wildman–Crippen MR) is 105 cm³/mol. The Morgan fingerprint density at radius 2 is 1.56 bits per heavy atom. The van der Waals surface area contributed by atoms with Gasteiger partial charge in [0.1, 0.15) is 16.8 Å². The molecule has 142 valence electrons. The molecule has 1 aliphatic heterocycles. The van der Waals surface area contributed by atoms with Gasteiger partial charge < -0.3 is 14.2 Å². The van der Waals surface area contributed by atoms with Gasteiger partial charge in [0.2, 0.25) is 0 Å². The minimum absolute atomic E-state index is 0.223. The van der Waals surface area contributed by atoms with Crippen molar-refractivity contribution in [1.29, 1.82) is 0 Å². The first kappa shape index (κ1) is 19.8. The minimum atomic E-state index is -1.92. The van der Waals surface area contributed by atoms with E-state index in [0.717, 1.165) is 0 Å². The minimum Gasteiger partial charge on any atom is -0.459 e. The first-order chi connectivity index (χ1) is 12.9. The highest BCUT2D eigenvalue weighted by Gasteiger charge is 2.56. The molecular weight excluding hydrogens is 466 g/mol. The average Bonchev–Trinajstić information content (AvgIpc) is 2.90. The van der Waals surface area contributed by atoms with E-state index < -0.39 is 33.9 Å². The third kappa shape index (κ3) is 4.47. The largest absolute Gasteiger partial charge is 0.459 e. The van der Waals surface area contributed by atoms with Crippen molar-refractivity contribution in [2.75, 3.05) is 6.61 Å². The van der Waals surface area contributed by atoms with Crippen LogP contribution in [0.15, 0.2) is 60.7 Å². The molecule has 2 aromatic carbocycles. The number of carbonyl (C=O) groups is 2. The lowest BCUT2D eigenvalue weighted by Crippen LogP contribution is -2.44. The molecule has 1 fully saturated rings. The lowest BCUT2D eigenvalue weighted by molar-refractivity contribution is -0.0421. The molecule has 1 heterocycles. The second-order valence-corrected chi connectivity index (χ2v) is 7.43. The van der Waals surface area contributed by atoms with Gasteiger partial charge in [0.25, 0.3) is 0 Å². The van der Waals surface area contributed by atoms with Crippen molar-refractivity contribution < 1.29 is 28.2 Å². The number of benzene rings is 2. The highest BCUT2D eigenvalue weighted by atomic mass is 127. The molecule has 5 nitrogen and oxygen atoms in total. The third-order valence-corrected chi connectivity index (χ3v) is 5.78. The SMILES string of the molecule is C[C@@]1(F)[C@H](OC(=O)c2ccccc2)[C@@H](COC(=O)c2ccccc2)O[C@@H]1I. The molecule has 0 unspecified atom stereocenters. The van der Waals surface area contributed by atoms with Crippen molar-refractivity contribution >= 4 is 34.5 Å². The maximum atomic E-state index is 15.1. The predicted octanol–water partition coefficient (Wildman–Crippen LogP) is 3.96. The van der Waals surface area contributed by atoms with Crippen molar-refractivity contribution in [2.24, 2.45) is 0 Å². The molecule has 0 N–H and O–H groups in total. The van der Waals surface area contributed by atoms with Crippen LogP contribution in [0.5, 0.6) is 0 Å². The Morgan fingerprint density at radius 1 is 1.04 bits per heavy atom. The summed E-state index contributed by atoms with van der Waals surface area (Å²) in [5.41, 5.74) is -1.23. The highest BCUT2D eigenvalue weighted by molar-refractivity contribution is 14.1. The van der Waals surface area contributed by atoms with Crippen LogP contribution in [0.2, 0.25) is 0 Å². The summed E-state index contributed by atoms with van der Waals surface area (Å²) in [6.07, 6.45) is -2.10. The van der Waals surface area contributed by atoms with Crippen molar-refractivity contribution in [3.63, 3.8) is 0 Å². The molecule has 2 aromatic rings. The van der Waals surface area contributed by atoms with Crippen LogP contribution in [-0.2, 0) is 14.2 Å². The van der Waals surface area contributed by atoms with E-state index in [9.17, 15) is 9.59 Å². The van der Waals surface area contributed by atoms with Gasteiger partial charge in [-0.15, -0.1) is 0 Å². The van der Waals surface area contributed by atoms with E-state index >= 15 is 4.39 Å². The second kappa shape index (κ2) is 8.35. The summed E-state index contributed by atoms with van der Waals surface area (Å²) in [6.45, 7) is 1.09. The van der Waals surface area contributed by atoms with Gasteiger partial charge in [-0.25, -0.2) is 14.0 Å². The summed E-state index contributed by atoms with van der Waals surface area (Å²) < 4.78 is 30.5. The number of alkyl halides is 2. The van der Waals surface area contributed by atoms with Gasteiger partial charge in [0.05, 0.1) is 11.1 Å². The molecule has 0 aromatic heterocycles. The number of carbonyl (C=O) groups excluding carboxylic acids is 2. The Bertz CT molecular complexity index is 797. The molecule has 1 saturated heterocycles. The van der Waals surface area contributed by atoms with E-state index in [2.05, 4.69) is 0 Å². The van der Waals surface area contributed by atoms with E-state index in [1.54, 1.807) is 83.3 Å². The normalized spacial score (nSPS) is 27.1. The Morgan fingerprint density at radius 3 is 2.11 bits per heavy atom. The highest BCUT2D eigenvalue weighted by Crippen LogP contribution is 2.40. The second-order valence-electron chi connectivity index (χ2n) is 6.30. The maximum Gasteiger partial charge on any atom is 0.338 e. The Balaban J connectivity index is 1.69. The van der Waals surface area contributed by atoms with Gasteiger partial charge in [0, 0.05) is 0 Å². The van der Waals surface area contributed by atoms with Gasteiger partial charge in [-0.3, -0.25) is 0 Å². The standard InChI is InChI=1S/C20H18FIO5/c1-20(21)16(27-18(24)14-10-6-3-7-11-14)15(26-19(20)22)12-25-17(23)13-8-4-2-5-9-13/h2-11,15-16,19H,12H2,1H3/t15-,16-,19+,20-/m1/s1. The summed E-state index contributed by atoms with van der Waals surface area (Å²) in [5.74, 6) is -1.21. The van der Waals surface area contributed by atoms with E-state index in [1.165, 1.54) is 6.92 Å². The summed E-state index contributed by atoms with van der Waals surface area (Å²) in [5, 5.41) is 0. The zero-order valence-corrected chi connectivity index (χ0v) is 16.7. The van der Waals surface area contributed by atoms with Gasteiger partial charge in [-0.05, 0) is 53.8 Å². The number of esters is 2. The molecule has 0 amide bonds. The molecule has 0 radical (unpaired) electrons. The topological polar surface area (TPSA) is 61.8 Å². The van der Waals surface area contributed by atoms with Crippen LogP contribution in [0.25, 0.3) is 0 Å². The Labute approximate surface area is 169 Å². The van der Waals surface area contributed by atoms with Gasteiger partial charge in [-0.1, -0.05) is 36.4 Å². The number of halogens is 2. The number of ether oxygens (including phenoxy) is 3. The van der Waals surface area contributed by atoms with Gasteiger partial charge in [0.15, 0.2) is 11.8 Å². The zero-order chi connectivity index (χ0) is 19.4. The Kier molecular flexibility index (Phi) is 6.11. The molecule has 4 atom stereocenters. The third-order valence-electron chi connectivity index (χ3n) is 4.26. The fourth-order valence-corrected chi connectivity index (χ4v) is 3.47. The van der Waals surface area contributed by atoms with Crippen LogP contribution in [0.4, 0.5) is 4.39 Å². The smallest absolute Gasteiger partial charge is 0.338 e. The van der Waals surface area contributed by atoms with Crippen molar-refractivity contribution in [1.82, 2.24) is 0 Å².